The van der Waals surface area contributed by atoms with Gasteiger partial charge in [0.05, 0.1) is 7.11 Å². The topological polar surface area (TPSA) is 55.5 Å². The van der Waals surface area contributed by atoms with Crippen LogP contribution in [0.25, 0.3) is 0 Å². The molecule has 0 atom stereocenters. The molecule has 17 heavy (non-hydrogen) atoms. The number of hydrogen-bond donors (Lipinski definition) is 2. The molecule has 0 aliphatic heterocycles. The summed E-state index contributed by atoms with van der Waals surface area (Å²) in [5.74, 6) is 1.05. The maximum atomic E-state index is 9.72. The van der Waals surface area contributed by atoms with E-state index in [1.165, 1.54) is 0 Å². The Balaban J connectivity index is 2.32. The fraction of sp³-hybridized carbons (Fsp3) is 0.143. The van der Waals surface area contributed by atoms with Crippen LogP contribution in [-0.2, 0) is 6.42 Å². The molecule has 0 aromatic heterocycles. The number of phenolic OH excluding ortho intramolecular Hbond substituents is 1. The van der Waals surface area contributed by atoms with Crippen LogP contribution in [0.4, 0.5) is 5.69 Å². The molecular weight excluding hydrogens is 214 g/mol. The van der Waals surface area contributed by atoms with E-state index in [-0.39, 0.29) is 5.75 Å². The van der Waals surface area contributed by atoms with Gasteiger partial charge in [0.25, 0.3) is 0 Å². The molecule has 2 aromatic carbocycles. The Morgan fingerprint density at radius 3 is 2.59 bits per heavy atom. The van der Waals surface area contributed by atoms with E-state index < -0.39 is 0 Å². The quantitative estimate of drug-likeness (QED) is 0.795. The number of phenols is 1. The Hall–Kier alpha value is -2.16. The van der Waals surface area contributed by atoms with Crippen LogP contribution in [0.5, 0.6) is 11.5 Å². The minimum Gasteiger partial charge on any atom is -0.508 e. The van der Waals surface area contributed by atoms with Gasteiger partial charge < -0.3 is 15.6 Å². The molecule has 0 aliphatic rings. The minimum absolute atomic E-state index is 0.287. The Morgan fingerprint density at radius 2 is 1.88 bits per heavy atom. The highest BCUT2D eigenvalue weighted by molar-refractivity contribution is 5.53. The molecule has 0 aliphatic carbocycles. The van der Waals surface area contributed by atoms with Gasteiger partial charge in [-0.2, -0.15) is 0 Å². The number of ether oxygens (including phenoxy) is 1. The first-order valence-electron chi connectivity index (χ1n) is 5.40. The summed E-state index contributed by atoms with van der Waals surface area (Å²) in [5, 5.41) is 9.72. The standard InChI is InChI=1S/C14H15NO2/c1-17-12-6-7-13(15)11(9-12)8-10-4-2-3-5-14(10)16/h2-7,9,16H,8,15H2,1H3. The molecule has 0 saturated heterocycles. The summed E-state index contributed by atoms with van der Waals surface area (Å²) < 4.78 is 5.16. The first-order chi connectivity index (χ1) is 8.20. The number of nitrogens with two attached hydrogens (primary N) is 1. The Bertz CT molecular complexity index is 523. The van der Waals surface area contributed by atoms with Crippen LogP contribution in [0.1, 0.15) is 11.1 Å². The van der Waals surface area contributed by atoms with E-state index >= 15 is 0 Å². The minimum atomic E-state index is 0.287. The van der Waals surface area contributed by atoms with Crippen molar-refractivity contribution in [3.63, 3.8) is 0 Å². The van der Waals surface area contributed by atoms with Gasteiger partial charge in [-0.15, -0.1) is 0 Å². The molecule has 88 valence electrons. The number of hydrogen-bond acceptors (Lipinski definition) is 3. The monoisotopic (exact) mass is 229 g/mol. The molecule has 0 saturated carbocycles. The van der Waals surface area contributed by atoms with Gasteiger partial charge in [-0.1, -0.05) is 18.2 Å². The van der Waals surface area contributed by atoms with Crippen LogP contribution >= 0.6 is 0 Å². The molecule has 3 nitrogen and oxygen atoms in total. The smallest absolute Gasteiger partial charge is 0.119 e. The maximum Gasteiger partial charge on any atom is 0.119 e. The van der Waals surface area contributed by atoms with Crippen LogP contribution in [0, 0.1) is 0 Å². The summed E-state index contributed by atoms with van der Waals surface area (Å²) in [4.78, 5) is 0. The third-order valence-corrected chi connectivity index (χ3v) is 2.72. The second-order valence-electron chi connectivity index (χ2n) is 3.87. The lowest BCUT2D eigenvalue weighted by atomic mass is 10.0. The number of nitrogen functional groups attached to an aromatic ring is 1. The largest absolute Gasteiger partial charge is 0.508 e. The van der Waals surface area contributed by atoms with Gasteiger partial charge in [-0.05, 0) is 35.4 Å². The van der Waals surface area contributed by atoms with Crippen LogP contribution in [0.2, 0.25) is 0 Å². The number of para-hydroxylation sites is 1. The van der Waals surface area contributed by atoms with Crippen LogP contribution in [0.15, 0.2) is 42.5 Å². The molecule has 0 spiro atoms. The highest BCUT2D eigenvalue weighted by Gasteiger charge is 2.06. The summed E-state index contributed by atoms with van der Waals surface area (Å²) in [7, 11) is 1.62. The number of aromatic hydroxyl groups is 1. The average Bonchev–Trinajstić information content (AvgIpc) is 2.35. The van der Waals surface area contributed by atoms with Gasteiger partial charge in [-0.3, -0.25) is 0 Å². The van der Waals surface area contributed by atoms with E-state index in [0.29, 0.717) is 12.1 Å². The molecule has 0 radical (unpaired) electrons. The maximum absolute atomic E-state index is 9.72. The second kappa shape index (κ2) is 4.78. The molecule has 3 heteroatoms. The predicted octanol–water partition coefficient (Wildman–Crippen LogP) is 2.57. The van der Waals surface area contributed by atoms with Crippen molar-refractivity contribution in [2.75, 3.05) is 12.8 Å². The first-order valence-corrected chi connectivity index (χ1v) is 5.40. The zero-order valence-corrected chi connectivity index (χ0v) is 9.68. The number of benzene rings is 2. The van der Waals surface area contributed by atoms with Crippen molar-refractivity contribution in [3.8, 4) is 11.5 Å². The van der Waals surface area contributed by atoms with Gasteiger partial charge in [0.2, 0.25) is 0 Å². The van der Waals surface area contributed by atoms with Crippen LogP contribution in [-0.4, -0.2) is 12.2 Å². The zero-order chi connectivity index (χ0) is 12.3. The zero-order valence-electron chi connectivity index (χ0n) is 9.68. The van der Waals surface area contributed by atoms with Crippen molar-refractivity contribution in [1.82, 2.24) is 0 Å². The number of rotatable bonds is 3. The van der Waals surface area contributed by atoms with Crippen molar-refractivity contribution in [3.05, 3.63) is 53.6 Å². The average molecular weight is 229 g/mol. The molecule has 0 unspecified atom stereocenters. The second-order valence-corrected chi connectivity index (χ2v) is 3.87. The van der Waals surface area contributed by atoms with Crippen molar-refractivity contribution in [2.45, 2.75) is 6.42 Å². The molecule has 0 bridgehead atoms. The summed E-state index contributed by atoms with van der Waals surface area (Å²) >= 11 is 0. The normalized spacial score (nSPS) is 10.2. The molecule has 0 heterocycles. The lowest BCUT2D eigenvalue weighted by molar-refractivity contribution is 0.414. The molecule has 0 fully saturated rings. The van der Waals surface area contributed by atoms with Gasteiger partial charge in [-0.25, -0.2) is 0 Å². The van der Waals surface area contributed by atoms with Crippen LogP contribution < -0.4 is 10.5 Å². The van der Waals surface area contributed by atoms with Crippen LogP contribution in [0.3, 0.4) is 0 Å². The summed E-state index contributed by atoms with van der Waals surface area (Å²) in [6.45, 7) is 0. The summed E-state index contributed by atoms with van der Waals surface area (Å²) in [5.41, 5.74) is 8.41. The lowest BCUT2D eigenvalue weighted by Crippen LogP contribution is -1.97. The highest BCUT2D eigenvalue weighted by Crippen LogP contribution is 2.25. The van der Waals surface area contributed by atoms with E-state index in [1.54, 1.807) is 19.2 Å². The van der Waals surface area contributed by atoms with Crippen molar-refractivity contribution in [2.24, 2.45) is 0 Å². The first kappa shape index (κ1) is 11.3. The number of methoxy groups -OCH3 is 1. The van der Waals surface area contributed by atoms with Crippen molar-refractivity contribution >= 4 is 5.69 Å². The molecular formula is C14H15NO2. The van der Waals surface area contributed by atoms with Crippen molar-refractivity contribution < 1.29 is 9.84 Å². The Morgan fingerprint density at radius 1 is 1.12 bits per heavy atom. The molecule has 3 N–H and O–H groups in total. The third-order valence-electron chi connectivity index (χ3n) is 2.72. The van der Waals surface area contributed by atoms with E-state index in [4.69, 9.17) is 10.5 Å². The van der Waals surface area contributed by atoms with Gasteiger partial charge in [0.1, 0.15) is 11.5 Å². The summed E-state index contributed by atoms with van der Waals surface area (Å²) in [6, 6.07) is 12.8. The molecule has 2 rings (SSSR count). The third kappa shape index (κ3) is 2.50. The summed E-state index contributed by atoms with van der Waals surface area (Å²) in [6.07, 6.45) is 0.593. The van der Waals surface area contributed by atoms with Crippen molar-refractivity contribution in [1.29, 1.82) is 0 Å². The van der Waals surface area contributed by atoms with E-state index in [9.17, 15) is 5.11 Å². The molecule has 2 aromatic rings. The SMILES string of the molecule is COc1ccc(N)c(Cc2ccccc2O)c1. The highest BCUT2D eigenvalue weighted by atomic mass is 16.5. The van der Waals surface area contributed by atoms with E-state index in [2.05, 4.69) is 0 Å². The number of anilines is 1. The van der Waals surface area contributed by atoms with Gasteiger partial charge in [0, 0.05) is 12.1 Å². The fourth-order valence-corrected chi connectivity index (χ4v) is 1.73. The van der Waals surface area contributed by atoms with Gasteiger partial charge in [0.15, 0.2) is 0 Å². The fourth-order valence-electron chi connectivity index (χ4n) is 1.73. The lowest BCUT2D eigenvalue weighted by Gasteiger charge is -2.09. The predicted molar refractivity (Wildman–Crippen MR) is 68.3 cm³/mol. The molecule has 0 amide bonds. The van der Waals surface area contributed by atoms with E-state index in [0.717, 1.165) is 16.9 Å². The Kier molecular flexibility index (Phi) is 3.19. The van der Waals surface area contributed by atoms with Gasteiger partial charge >= 0.3 is 0 Å². The Labute approximate surface area is 100 Å². The van der Waals surface area contributed by atoms with E-state index in [1.807, 2.05) is 30.3 Å².